The Balaban J connectivity index is 1.72. The van der Waals surface area contributed by atoms with Gasteiger partial charge in [0.25, 0.3) is 10.0 Å². The molecule has 0 saturated heterocycles. The summed E-state index contributed by atoms with van der Waals surface area (Å²) in [6.07, 6.45) is 1.33. The molecule has 168 valence electrons. The fourth-order valence-electron chi connectivity index (χ4n) is 3.45. The standard InChI is InChI=1S/C24H28N4O3S/c1-5-28(20-12-7-6-8-13-20)32(30,31)21-14-15-22(25-16-21)27(4)17-23(29)26-24-18(2)10-9-11-19(24)3/h6-16H,5,17H2,1-4H3,(H,26,29). The normalized spacial score (nSPS) is 11.1. The van der Waals surface area contributed by atoms with Crippen LogP contribution in [0.1, 0.15) is 18.1 Å². The molecule has 8 heteroatoms. The minimum atomic E-state index is -3.75. The first-order valence-electron chi connectivity index (χ1n) is 10.3. The highest BCUT2D eigenvalue weighted by atomic mass is 32.2. The Kier molecular flexibility index (Phi) is 7.15. The molecule has 32 heavy (non-hydrogen) atoms. The largest absolute Gasteiger partial charge is 0.350 e. The van der Waals surface area contributed by atoms with Crippen LogP contribution in [0.4, 0.5) is 17.2 Å². The van der Waals surface area contributed by atoms with Crippen LogP contribution >= 0.6 is 0 Å². The average Bonchev–Trinajstić information content (AvgIpc) is 2.77. The summed E-state index contributed by atoms with van der Waals surface area (Å²) >= 11 is 0. The number of para-hydroxylation sites is 2. The topological polar surface area (TPSA) is 82.6 Å². The number of aromatic nitrogens is 1. The smallest absolute Gasteiger partial charge is 0.265 e. The predicted octanol–water partition coefficient (Wildman–Crippen LogP) is 3.99. The molecule has 1 aromatic heterocycles. The molecule has 0 unspecified atom stereocenters. The maximum Gasteiger partial charge on any atom is 0.265 e. The van der Waals surface area contributed by atoms with E-state index in [2.05, 4.69) is 10.3 Å². The van der Waals surface area contributed by atoms with Crippen molar-refractivity contribution in [2.45, 2.75) is 25.7 Å². The highest BCUT2D eigenvalue weighted by molar-refractivity contribution is 7.92. The van der Waals surface area contributed by atoms with Crippen molar-refractivity contribution in [2.24, 2.45) is 0 Å². The van der Waals surface area contributed by atoms with E-state index in [1.807, 2.05) is 38.1 Å². The van der Waals surface area contributed by atoms with Crippen LogP contribution in [0, 0.1) is 13.8 Å². The number of carbonyl (C=O) groups excluding carboxylic acids is 1. The number of likely N-dealkylation sites (N-methyl/N-ethyl adjacent to an activating group) is 1. The first-order valence-corrected chi connectivity index (χ1v) is 11.8. The summed E-state index contributed by atoms with van der Waals surface area (Å²) in [7, 11) is -2.01. The lowest BCUT2D eigenvalue weighted by Crippen LogP contribution is -2.32. The summed E-state index contributed by atoms with van der Waals surface area (Å²) in [5.74, 6) is 0.327. The number of sulfonamides is 1. The van der Waals surface area contributed by atoms with Gasteiger partial charge < -0.3 is 10.2 Å². The zero-order valence-corrected chi connectivity index (χ0v) is 19.6. The molecule has 0 aliphatic carbocycles. The second-order valence-electron chi connectivity index (χ2n) is 7.53. The summed E-state index contributed by atoms with van der Waals surface area (Å²) < 4.78 is 27.5. The van der Waals surface area contributed by atoms with Gasteiger partial charge in [0.15, 0.2) is 0 Å². The maximum absolute atomic E-state index is 13.1. The van der Waals surface area contributed by atoms with Crippen LogP contribution < -0.4 is 14.5 Å². The summed E-state index contributed by atoms with van der Waals surface area (Å²) in [4.78, 5) is 18.6. The fraction of sp³-hybridized carbons (Fsp3) is 0.250. The number of benzene rings is 2. The molecule has 0 radical (unpaired) electrons. The van der Waals surface area contributed by atoms with Gasteiger partial charge in [-0.1, -0.05) is 36.4 Å². The minimum Gasteiger partial charge on any atom is -0.350 e. The average molecular weight is 453 g/mol. The van der Waals surface area contributed by atoms with Gasteiger partial charge in [-0.05, 0) is 56.2 Å². The van der Waals surface area contributed by atoms with Crippen LogP contribution in [0.2, 0.25) is 0 Å². The number of nitrogens with one attached hydrogen (secondary N) is 1. The third kappa shape index (κ3) is 5.08. The van der Waals surface area contributed by atoms with Crippen molar-refractivity contribution >= 4 is 33.1 Å². The third-order valence-electron chi connectivity index (χ3n) is 5.16. The van der Waals surface area contributed by atoms with Crippen LogP contribution in [0.3, 0.4) is 0 Å². The Hall–Kier alpha value is -3.39. The lowest BCUT2D eigenvalue weighted by Gasteiger charge is -2.23. The SMILES string of the molecule is CCN(c1ccccc1)S(=O)(=O)c1ccc(N(C)CC(=O)Nc2c(C)cccc2C)nc1. The summed E-state index contributed by atoms with van der Waals surface area (Å²) in [6, 6.07) is 17.9. The zero-order chi connectivity index (χ0) is 23.3. The van der Waals surface area contributed by atoms with Gasteiger partial charge in [-0.2, -0.15) is 0 Å². The predicted molar refractivity (Wildman–Crippen MR) is 129 cm³/mol. The number of amides is 1. The minimum absolute atomic E-state index is 0.0813. The number of carbonyl (C=O) groups is 1. The number of pyridine rings is 1. The van der Waals surface area contributed by atoms with Crippen molar-refractivity contribution < 1.29 is 13.2 Å². The molecule has 0 spiro atoms. The third-order valence-corrected chi connectivity index (χ3v) is 7.04. The maximum atomic E-state index is 13.1. The molecule has 0 bridgehead atoms. The molecule has 0 saturated carbocycles. The van der Waals surface area contributed by atoms with E-state index in [0.717, 1.165) is 16.8 Å². The van der Waals surface area contributed by atoms with Crippen molar-refractivity contribution in [3.63, 3.8) is 0 Å². The van der Waals surface area contributed by atoms with Gasteiger partial charge in [-0.15, -0.1) is 0 Å². The van der Waals surface area contributed by atoms with Crippen LogP contribution in [-0.4, -0.2) is 39.4 Å². The van der Waals surface area contributed by atoms with Gasteiger partial charge in [-0.3, -0.25) is 9.10 Å². The van der Waals surface area contributed by atoms with Crippen LogP contribution in [0.5, 0.6) is 0 Å². The van der Waals surface area contributed by atoms with Crippen molar-refractivity contribution in [1.82, 2.24) is 4.98 Å². The summed E-state index contributed by atoms with van der Waals surface area (Å²) in [5.41, 5.74) is 3.39. The highest BCUT2D eigenvalue weighted by Gasteiger charge is 2.24. The first-order chi connectivity index (χ1) is 15.2. The van der Waals surface area contributed by atoms with Crippen molar-refractivity contribution in [2.75, 3.05) is 34.7 Å². The first kappa shape index (κ1) is 23.3. The molecule has 2 aromatic carbocycles. The fourth-order valence-corrected chi connectivity index (χ4v) is 4.87. The Bertz CT molecular complexity index is 1160. The lowest BCUT2D eigenvalue weighted by atomic mass is 10.1. The Morgan fingerprint density at radius 3 is 2.19 bits per heavy atom. The second kappa shape index (κ2) is 9.82. The Labute approximate surface area is 189 Å². The Morgan fingerprint density at radius 2 is 1.62 bits per heavy atom. The number of hydrogen-bond acceptors (Lipinski definition) is 5. The number of anilines is 3. The van der Waals surface area contributed by atoms with E-state index < -0.39 is 10.0 Å². The number of hydrogen-bond donors (Lipinski definition) is 1. The van der Waals surface area contributed by atoms with Crippen molar-refractivity contribution in [1.29, 1.82) is 0 Å². The molecular weight excluding hydrogens is 424 g/mol. The van der Waals surface area contributed by atoms with Gasteiger partial charge in [0.1, 0.15) is 10.7 Å². The van der Waals surface area contributed by atoms with Crippen molar-refractivity contribution in [3.05, 3.63) is 78.0 Å². The van der Waals surface area contributed by atoms with E-state index in [-0.39, 0.29) is 17.3 Å². The van der Waals surface area contributed by atoms with E-state index in [1.165, 1.54) is 16.6 Å². The number of nitrogens with zero attached hydrogens (tertiary/aromatic N) is 3. The van der Waals surface area contributed by atoms with Gasteiger partial charge in [0, 0.05) is 25.5 Å². The van der Waals surface area contributed by atoms with Gasteiger partial charge in [0.05, 0.1) is 12.2 Å². The molecule has 1 amide bonds. The van der Waals surface area contributed by atoms with Crippen LogP contribution in [0.15, 0.2) is 71.8 Å². The highest BCUT2D eigenvalue weighted by Crippen LogP contribution is 2.24. The number of rotatable bonds is 8. The zero-order valence-electron chi connectivity index (χ0n) is 18.7. The van der Waals surface area contributed by atoms with E-state index >= 15 is 0 Å². The van der Waals surface area contributed by atoms with Gasteiger partial charge in [0.2, 0.25) is 5.91 Å². The molecule has 3 aromatic rings. The van der Waals surface area contributed by atoms with Crippen molar-refractivity contribution in [3.8, 4) is 0 Å². The molecule has 3 rings (SSSR count). The molecule has 0 atom stereocenters. The summed E-state index contributed by atoms with van der Waals surface area (Å²) in [5, 5.41) is 2.94. The van der Waals surface area contributed by atoms with Gasteiger partial charge >= 0.3 is 0 Å². The van der Waals surface area contributed by atoms with Gasteiger partial charge in [-0.25, -0.2) is 13.4 Å². The molecule has 1 heterocycles. The number of aryl methyl sites for hydroxylation is 2. The molecule has 0 aliphatic rings. The second-order valence-corrected chi connectivity index (χ2v) is 9.39. The molecular formula is C24H28N4O3S. The monoisotopic (exact) mass is 452 g/mol. The Morgan fingerprint density at radius 1 is 0.969 bits per heavy atom. The molecule has 0 aliphatic heterocycles. The van der Waals surface area contributed by atoms with Crippen LogP contribution in [-0.2, 0) is 14.8 Å². The van der Waals surface area contributed by atoms with E-state index in [0.29, 0.717) is 18.1 Å². The lowest BCUT2D eigenvalue weighted by molar-refractivity contribution is -0.114. The molecule has 0 fully saturated rings. The summed E-state index contributed by atoms with van der Waals surface area (Å²) in [6.45, 7) is 6.06. The van der Waals surface area contributed by atoms with E-state index in [1.54, 1.807) is 49.2 Å². The van der Waals surface area contributed by atoms with Crippen LogP contribution in [0.25, 0.3) is 0 Å². The van der Waals surface area contributed by atoms with E-state index in [4.69, 9.17) is 0 Å². The molecule has 7 nitrogen and oxygen atoms in total. The quantitative estimate of drug-likeness (QED) is 0.559. The molecule has 1 N–H and O–H groups in total. The van der Waals surface area contributed by atoms with E-state index in [9.17, 15) is 13.2 Å².